The maximum atomic E-state index is 13.0. The van der Waals surface area contributed by atoms with Crippen LogP contribution in [0.5, 0.6) is 0 Å². The molecule has 8 heteroatoms. The molecule has 0 radical (unpaired) electrons. The highest BCUT2D eigenvalue weighted by atomic mass is 32.2. The van der Waals surface area contributed by atoms with Gasteiger partial charge in [0.15, 0.2) is 5.65 Å². The molecule has 0 N–H and O–H groups in total. The van der Waals surface area contributed by atoms with Crippen LogP contribution < -0.4 is 0 Å². The van der Waals surface area contributed by atoms with Crippen LogP contribution in [0.3, 0.4) is 0 Å². The summed E-state index contributed by atoms with van der Waals surface area (Å²) in [4.78, 5) is 12.1. The molecule has 1 fully saturated rings. The van der Waals surface area contributed by atoms with Crippen molar-refractivity contribution in [2.24, 2.45) is 0 Å². The van der Waals surface area contributed by atoms with Gasteiger partial charge in [-0.15, -0.1) is 0 Å². The Morgan fingerprint density at radius 3 is 2.36 bits per heavy atom. The molecule has 1 saturated heterocycles. The van der Waals surface area contributed by atoms with Crippen LogP contribution in [0, 0.1) is 13.8 Å². The number of hydrogen-bond donors (Lipinski definition) is 0. The second-order valence-electron chi connectivity index (χ2n) is 8.54. The van der Waals surface area contributed by atoms with E-state index in [0.717, 1.165) is 28.2 Å². The minimum Gasteiger partial charge on any atom is -0.293 e. The molecular weight excluding hydrogens is 434 g/mol. The number of benzene rings is 2. The standard InChI is InChI=1S/C25H27N5O2S/c1-19-8-10-22(11-9-19)33(31,32)29-15-13-28(14-16-29)18-24-27-23-7-4-12-26-25(23)30(24)21-6-3-5-20(2)17-21/h3-12,17H,13-16,18H2,1-2H3. The van der Waals surface area contributed by atoms with E-state index < -0.39 is 10.0 Å². The second kappa shape index (κ2) is 8.70. The van der Waals surface area contributed by atoms with Gasteiger partial charge >= 0.3 is 0 Å². The average molecular weight is 462 g/mol. The van der Waals surface area contributed by atoms with Gasteiger partial charge in [-0.1, -0.05) is 29.8 Å². The van der Waals surface area contributed by atoms with E-state index in [1.54, 1.807) is 22.6 Å². The van der Waals surface area contributed by atoms with Crippen LogP contribution in [-0.2, 0) is 16.6 Å². The van der Waals surface area contributed by atoms with Gasteiger partial charge in [-0.3, -0.25) is 9.47 Å². The van der Waals surface area contributed by atoms with Gasteiger partial charge in [-0.25, -0.2) is 18.4 Å². The van der Waals surface area contributed by atoms with E-state index in [9.17, 15) is 8.42 Å². The zero-order chi connectivity index (χ0) is 23.0. The molecule has 3 heterocycles. The van der Waals surface area contributed by atoms with Crippen LogP contribution in [0.4, 0.5) is 0 Å². The minimum absolute atomic E-state index is 0.355. The third-order valence-corrected chi connectivity index (χ3v) is 8.01. The van der Waals surface area contributed by atoms with Crippen molar-refractivity contribution in [3.8, 4) is 5.69 Å². The molecule has 2 aromatic heterocycles. The van der Waals surface area contributed by atoms with Crippen molar-refractivity contribution in [3.05, 3.63) is 83.8 Å². The van der Waals surface area contributed by atoms with Crippen molar-refractivity contribution >= 4 is 21.2 Å². The highest BCUT2D eigenvalue weighted by Gasteiger charge is 2.29. The molecular formula is C25H27N5O2S. The predicted octanol–water partition coefficient (Wildman–Crippen LogP) is 3.54. The number of pyridine rings is 1. The Hall–Kier alpha value is -3.07. The van der Waals surface area contributed by atoms with Crippen LogP contribution in [0.15, 0.2) is 71.8 Å². The molecule has 0 saturated carbocycles. The number of hydrogen-bond acceptors (Lipinski definition) is 5. The van der Waals surface area contributed by atoms with Gasteiger partial charge in [0.2, 0.25) is 10.0 Å². The Morgan fingerprint density at radius 1 is 0.879 bits per heavy atom. The summed E-state index contributed by atoms with van der Waals surface area (Å²) in [7, 11) is -3.48. The molecule has 0 amide bonds. The highest BCUT2D eigenvalue weighted by molar-refractivity contribution is 7.89. The van der Waals surface area contributed by atoms with Crippen molar-refractivity contribution < 1.29 is 8.42 Å². The summed E-state index contributed by atoms with van der Waals surface area (Å²) in [5.74, 6) is 0.907. The Morgan fingerprint density at radius 2 is 1.64 bits per heavy atom. The maximum Gasteiger partial charge on any atom is 0.243 e. The topological polar surface area (TPSA) is 71.3 Å². The normalized spacial score (nSPS) is 15.8. The Labute approximate surface area is 194 Å². The lowest BCUT2D eigenvalue weighted by molar-refractivity contribution is 0.177. The van der Waals surface area contributed by atoms with Gasteiger partial charge in [-0.05, 0) is 55.8 Å². The lowest BCUT2D eigenvalue weighted by Gasteiger charge is -2.33. The predicted molar refractivity (Wildman–Crippen MR) is 129 cm³/mol. The third kappa shape index (κ3) is 4.29. The first-order valence-corrected chi connectivity index (χ1v) is 12.5. The molecule has 0 aliphatic carbocycles. The lowest BCUT2D eigenvalue weighted by atomic mass is 10.2. The molecule has 2 aromatic carbocycles. The molecule has 170 valence electrons. The molecule has 0 atom stereocenters. The Kier molecular flexibility index (Phi) is 5.74. The highest BCUT2D eigenvalue weighted by Crippen LogP contribution is 2.23. The molecule has 0 unspecified atom stereocenters. The largest absolute Gasteiger partial charge is 0.293 e. The van der Waals surface area contributed by atoms with Gasteiger partial charge in [0.05, 0.1) is 11.4 Å². The van der Waals surface area contributed by atoms with Gasteiger partial charge in [-0.2, -0.15) is 4.31 Å². The summed E-state index contributed by atoms with van der Waals surface area (Å²) in [6.07, 6.45) is 1.79. The average Bonchev–Trinajstić information content (AvgIpc) is 3.17. The van der Waals surface area contributed by atoms with Crippen molar-refractivity contribution in [3.63, 3.8) is 0 Å². The molecule has 1 aliphatic heterocycles. The molecule has 0 bridgehead atoms. The number of aryl methyl sites for hydroxylation is 2. The molecule has 5 rings (SSSR count). The van der Waals surface area contributed by atoms with Gasteiger partial charge < -0.3 is 0 Å². The first kappa shape index (κ1) is 21.8. The first-order valence-electron chi connectivity index (χ1n) is 11.1. The fraction of sp³-hybridized carbons (Fsp3) is 0.280. The SMILES string of the molecule is Cc1ccc(S(=O)(=O)N2CCN(Cc3nc4cccnc4n3-c3cccc(C)c3)CC2)cc1. The molecule has 33 heavy (non-hydrogen) atoms. The van der Waals surface area contributed by atoms with Crippen LogP contribution in [0.2, 0.25) is 0 Å². The van der Waals surface area contributed by atoms with E-state index in [2.05, 4.69) is 39.6 Å². The lowest BCUT2D eigenvalue weighted by Crippen LogP contribution is -2.48. The fourth-order valence-corrected chi connectivity index (χ4v) is 5.71. The molecule has 4 aromatic rings. The number of sulfonamides is 1. The number of piperazine rings is 1. The summed E-state index contributed by atoms with van der Waals surface area (Å²) in [6.45, 7) is 6.87. The van der Waals surface area contributed by atoms with Crippen molar-refractivity contribution in [1.29, 1.82) is 0 Å². The molecule has 7 nitrogen and oxygen atoms in total. The van der Waals surface area contributed by atoms with Gasteiger partial charge in [0.25, 0.3) is 0 Å². The van der Waals surface area contributed by atoms with Crippen molar-refractivity contribution in [2.75, 3.05) is 26.2 Å². The number of fused-ring (bicyclic) bond motifs is 1. The summed E-state index contributed by atoms with van der Waals surface area (Å²) < 4.78 is 29.8. The Bertz CT molecular complexity index is 1390. The molecule has 1 aliphatic rings. The Balaban J connectivity index is 1.37. The van der Waals surface area contributed by atoms with E-state index in [1.165, 1.54) is 5.56 Å². The van der Waals surface area contributed by atoms with E-state index in [1.807, 2.05) is 37.3 Å². The van der Waals surface area contributed by atoms with Gasteiger partial charge in [0, 0.05) is 38.1 Å². The number of aromatic nitrogens is 3. The van der Waals surface area contributed by atoms with E-state index in [-0.39, 0.29) is 0 Å². The van der Waals surface area contributed by atoms with Crippen LogP contribution in [0.25, 0.3) is 16.9 Å². The van der Waals surface area contributed by atoms with Crippen LogP contribution in [0.1, 0.15) is 17.0 Å². The quantitative estimate of drug-likeness (QED) is 0.455. The van der Waals surface area contributed by atoms with Crippen molar-refractivity contribution in [1.82, 2.24) is 23.7 Å². The maximum absolute atomic E-state index is 13.0. The smallest absolute Gasteiger partial charge is 0.243 e. The summed E-state index contributed by atoms with van der Waals surface area (Å²) in [5.41, 5.74) is 4.94. The minimum atomic E-state index is -3.48. The van der Waals surface area contributed by atoms with Crippen LogP contribution in [-0.4, -0.2) is 58.3 Å². The van der Waals surface area contributed by atoms with Crippen molar-refractivity contribution in [2.45, 2.75) is 25.3 Å². The summed E-state index contributed by atoms with van der Waals surface area (Å²) >= 11 is 0. The molecule has 0 spiro atoms. The third-order valence-electron chi connectivity index (χ3n) is 6.10. The number of imidazole rings is 1. The fourth-order valence-electron chi connectivity index (χ4n) is 4.29. The summed E-state index contributed by atoms with van der Waals surface area (Å²) in [6, 6.07) is 19.2. The van der Waals surface area contributed by atoms with E-state index in [0.29, 0.717) is 37.6 Å². The first-order chi connectivity index (χ1) is 15.9. The number of rotatable bonds is 5. The van der Waals surface area contributed by atoms with E-state index >= 15 is 0 Å². The zero-order valence-electron chi connectivity index (χ0n) is 18.8. The second-order valence-corrected chi connectivity index (χ2v) is 10.5. The number of nitrogens with zero attached hydrogens (tertiary/aromatic N) is 5. The zero-order valence-corrected chi connectivity index (χ0v) is 19.7. The van der Waals surface area contributed by atoms with Gasteiger partial charge in [0.1, 0.15) is 11.3 Å². The van der Waals surface area contributed by atoms with E-state index in [4.69, 9.17) is 4.98 Å². The summed E-state index contributed by atoms with van der Waals surface area (Å²) in [5, 5.41) is 0. The van der Waals surface area contributed by atoms with Crippen LogP contribution >= 0.6 is 0 Å². The monoisotopic (exact) mass is 461 g/mol.